The van der Waals surface area contributed by atoms with Gasteiger partial charge in [0.25, 0.3) is 0 Å². The normalized spacial score (nSPS) is 32.6. The Morgan fingerprint density at radius 1 is 1.38 bits per heavy atom. The van der Waals surface area contributed by atoms with Crippen molar-refractivity contribution in [2.24, 2.45) is 17.1 Å². The molecule has 2 rings (SSSR count). The fourth-order valence-electron chi connectivity index (χ4n) is 2.74. The third-order valence-electron chi connectivity index (χ3n) is 3.99. The minimum absolute atomic E-state index is 0. The van der Waals surface area contributed by atoms with E-state index in [9.17, 15) is 0 Å². The molecule has 3 nitrogen and oxygen atoms in total. The summed E-state index contributed by atoms with van der Waals surface area (Å²) in [5.41, 5.74) is 6.20. The van der Waals surface area contributed by atoms with Crippen LogP contribution in [0.3, 0.4) is 0 Å². The number of likely N-dealkylation sites (tertiary alicyclic amines) is 1. The fourth-order valence-corrected chi connectivity index (χ4v) is 2.74. The number of nitrogens with two attached hydrogens (primary N) is 1. The molecule has 0 spiro atoms. The first kappa shape index (κ1) is 14.2. The van der Waals surface area contributed by atoms with Crippen LogP contribution in [0.1, 0.15) is 26.2 Å². The Morgan fingerprint density at radius 3 is 2.62 bits per heavy atom. The molecule has 4 heteroatoms. The highest BCUT2D eigenvalue weighted by atomic mass is 35.5. The standard InChI is InChI=1S/C12H24N2O.ClH/c1-12(9-13)4-5-14(10-12)8-11-2-6-15-7-3-11;/h11H,2-10,13H2,1H3;1H. The van der Waals surface area contributed by atoms with E-state index in [1.54, 1.807) is 0 Å². The van der Waals surface area contributed by atoms with Crippen LogP contribution in [0.4, 0.5) is 0 Å². The second-order valence-electron chi connectivity index (χ2n) is 5.56. The van der Waals surface area contributed by atoms with Crippen molar-refractivity contribution >= 4 is 12.4 Å². The Bertz CT molecular complexity index is 209. The third-order valence-corrected chi connectivity index (χ3v) is 3.99. The fraction of sp³-hybridized carbons (Fsp3) is 1.00. The largest absolute Gasteiger partial charge is 0.381 e. The van der Waals surface area contributed by atoms with E-state index in [4.69, 9.17) is 10.5 Å². The zero-order valence-corrected chi connectivity index (χ0v) is 11.1. The molecule has 0 radical (unpaired) electrons. The smallest absolute Gasteiger partial charge is 0.0469 e. The van der Waals surface area contributed by atoms with Crippen LogP contribution in [0.5, 0.6) is 0 Å². The van der Waals surface area contributed by atoms with Crippen LogP contribution in [0, 0.1) is 11.3 Å². The van der Waals surface area contributed by atoms with Crippen LogP contribution in [0.2, 0.25) is 0 Å². The molecule has 96 valence electrons. The van der Waals surface area contributed by atoms with Crippen molar-refractivity contribution in [3.8, 4) is 0 Å². The lowest BCUT2D eigenvalue weighted by Crippen LogP contribution is -2.35. The van der Waals surface area contributed by atoms with E-state index in [2.05, 4.69) is 11.8 Å². The second kappa shape index (κ2) is 6.20. The minimum Gasteiger partial charge on any atom is -0.381 e. The molecule has 0 aromatic carbocycles. The molecule has 1 atom stereocenters. The minimum atomic E-state index is 0. The van der Waals surface area contributed by atoms with Gasteiger partial charge in [-0.2, -0.15) is 0 Å². The maximum atomic E-state index is 5.82. The summed E-state index contributed by atoms with van der Waals surface area (Å²) in [5, 5.41) is 0. The van der Waals surface area contributed by atoms with Crippen molar-refractivity contribution in [1.82, 2.24) is 4.90 Å². The molecule has 0 aromatic rings. The molecule has 2 N–H and O–H groups in total. The van der Waals surface area contributed by atoms with E-state index in [0.717, 1.165) is 25.7 Å². The Balaban J connectivity index is 0.00000128. The van der Waals surface area contributed by atoms with Crippen molar-refractivity contribution in [2.75, 3.05) is 39.4 Å². The highest BCUT2D eigenvalue weighted by Crippen LogP contribution is 2.30. The highest BCUT2D eigenvalue weighted by molar-refractivity contribution is 5.85. The number of hydrogen-bond acceptors (Lipinski definition) is 3. The van der Waals surface area contributed by atoms with Crippen molar-refractivity contribution in [3.63, 3.8) is 0 Å². The predicted molar refractivity (Wildman–Crippen MR) is 69.0 cm³/mol. The van der Waals surface area contributed by atoms with E-state index in [-0.39, 0.29) is 12.4 Å². The van der Waals surface area contributed by atoms with Gasteiger partial charge in [-0.25, -0.2) is 0 Å². The van der Waals surface area contributed by atoms with Crippen molar-refractivity contribution in [3.05, 3.63) is 0 Å². The van der Waals surface area contributed by atoms with Gasteiger partial charge in [0.2, 0.25) is 0 Å². The number of rotatable bonds is 3. The Labute approximate surface area is 105 Å². The van der Waals surface area contributed by atoms with E-state index in [0.29, 0.717) is 5.41 Å². The van der Waals surface area contributed by atoms with Gasteiger partial charge in [0, 0.05) is 26.3 Å². The molecule has 0 amide bonds. The molecule has 2 heterocycles. The van der Waals surface area contributed by atoms with Gasteiger partial charge in [0.1, 0.15) is 0 Å². The van der Waals surface area contributed by atoms with Crippen LogP contribution in [0.15, 0.2) is 0 Å². The first-order valence-electron chi connectivity index (χ1n) is 6.22. The molecule has 1 unspecified atom stereocenters. The first-order chi connectivity index (χ1) is 7.22. The third kappa shape index (κ3) is 3.59. The molecule has 2 aliphatic rings. The second-order valence-corrected chi connectivity index (χ2v) is 5.56. The lowest BCUT2D eigenvalue weighted by atomic mass is 9.90. The summed E-state index contributed by atoms with van der Waals surface area (Å²) >= 11 is 0. The summed E-state index contributed by atoms with van der Waals surface area (Å²) in [7, 11) is 0. The van der Waals surface area contributed by atoms with Crippen molar-refractivity contribution in [2.45, 2.75) is 26.2 Å². The maximum absolute atomic E-state index is 5.82. The quantitative estimate of drug-likeness (QED) is 0.823. The van der Waals surface area contributed by atoms with Gasteiger partial charge in [-0.3, -0.25) is 0 Å². The van der Waals surface area contributed by atoms with E-state index in [1.807, 2.05) is 0 Å². The molecule has 2 fully saturated rings. The predicted octanol–water partition coefficient (Wildman–Crippen LogP) is 1.51. The van der Waals surface area contributed by atoms with Gasteiger partial charge in [-0.15, -0.1) is 12.4 Å². The molecule has 2 saturated heterocycles. The van der Waals surface area contributed by atoms with Gasteiger partial charge >= 0.3 is 0 Å². The molecule has 0 aromatic heterocycles. The van der Waals surface area contributed by atoms with Crippen LogP contribution in [-0.2, 0) is 4.74 Å². The SMILES string of the molecule is CC1(CN)CCN(CC2CCOCC2)C1.Cl. The van der Waals surface area contributed by atoms with Crippen molar-refractivity contribution in [1.29, 1.82) is 0 Å². The summed E-state index contributed by atoms with van der Waals surface area (Å²) in [4.78, 5) is 2.60. The van der Waals surface area contributed by atoms with E-state index < -0.39 is 0 Å². The van der Waals surface area contributed by atoms with Crippen molar-refractivity contribution < 1.29 is 4.74 Å². The number of halogens is 1. The Hall–Kier alpha value is 0.170. The molecular weight excluding hydrogens is 224 g/mol. The van der Waals surface area contributed by atoms with Gasteiger partial charge in [-0.05, 0) is 43.7 Å². The van der Waals surface area contributed by atoms with E-state index in [1.165, 1.54) is 38.9 Å². The van der Waals surface area contributed by atoms with Gasteiger partial charge in [0.15, 0.2) is 0 Å². The van der Waals surface area contributed by atoms with Gasteiger partial charge in [-0.1, -0.05) is 6.92 Å². The van der Waals surface area contributed by atoms with Crippen LogP contribution in [0.25, 0.3) is 0 Å². The summed E-state index contributed by atoms with van der Waals surface area (Å²) in [6.45, 7) is 8.78. The highest BCUT2D eigenvalue weighted by Gasteiger charge is 2.33. The monoisotopic (exact) mass is 248 g/mol. The molecular formula is C12H25ClN2O. The number of ether oxygens (including phenoxy) is 1. The van der Waals surface area contributed by atoms with Crippen LogP contribution < -0.4 is 5.73 Å². The first-order valence-corrected chi connectivity index (χ1v) is 6.22. The Kier molecular flexibility index (Phi) is 5.51. The maximum Gasteiger partial charge on any atom is 0.0469 e. The molecule has 0 saturated carbocycles. The molecule has 16 heavy (non-hydrogen) atoms. The summed E-state index contributed by atoms with van der Waals surface area (Å²) < 4.78 is 5.39. The summed E-state index contributed by atoms with van der Waals surface area (Å²) in [6.07, 6.45) is 3.76. The van der Waals surface area contributed by atoms with Gasteiger partial charge < -0.3 is 15.4 Å². The zero-order chi connectivity index (χ0) is 10.7. The van der Waals surface area contributed by atoms with Crippen LogP contribution in [-0.4, -0.2) is 44.3 Å². The lowest BCUT2D eigenvalue weighted by molar-refractivity contribution is 0.0543. The van der Waals surface area contributed by atoms with E-state index >= 15 is 0 Å². The van der Waals surface area contributed by atoms with Crippen LogP contribution >= 0.6 is 12.4 Å². The summed E-state index contributed by atoms with van der Waals surface area (Å²) in [5.74, 6) is 0.860. The Morgan fingerprint density at radius 2 is 2.06 bits per heavy atom. The summed E-state index contributed by atoms with van der Waals surface area (Å²) in [6, 6.07) is 0. The number of hydrogen-bond donors (Lipinski definition) is 1. The molecule has 2 aliphatic heterocycles. The molecule has 0 bridgehead atoms. The number of nitrogens with zero attached hydrogens (tertiary/aromatic N) is 1. The topological polar surface area (TPSA) is 38.5 Å². The van der Waals surface area contributed by atoms with Gasteiger partial charge in [0.05, 0.1) is 0 Å². The zero-order valence-electron chi connectivity index (χ0n) is 10.3. The lowest BCUT2D eigenvalue weighted by Gasteiger charge is -2.28. The average Bonchev–Trinajstić information content (AvgIpc) is 2.63. The molecule has 0 aliphatic carbocycles. The average molecular weight is 249 g/mol.